The van der Waals surface area contributed by atoms with Crippen LogP contribution < -0.4 is 9.47 Å². The quantitative estimate of drug-likeness (QED) is 0.283. The van der Waals surface area contributed by atoms with E-state index in [4.69, 9.17) is 9.47 Å². The molecular formula is C23H19F3N2O5. The summed E-state index contributed by atoms with van der Waals surface area (Å²) in [5.41, 5.74) is -1.35. The summed E-state index contributed by atoms with van der Waals surface area (Å²) in [7, 11) is 2.51. The fourth-order valence-electron chi connectivity index (χ4n) is 3.11. The molecule has 3 aromatic rings. The summed E-state index contributed by atoms with van der Waals surface area (Å²) in [6, 6.07) is 11.2. The van der Waals surface area contributed by atoms with Crippen molar-refractivity contribution in [2.45, 2.75) is 18.7 Å². The predicted octanol–water partition coefficient (Wildman–Crippen LogP) is 4.22. The van der Waals surface area contributed by atoms with Crippen molar-refractivity contribution in [2.24, 2.45) is 0 Å². The average molecular weight is 460 g/mol. The van der Waals surface area contributed by atoms with Gasteiger partial charge in [-0.1, -0.05) is 30.3 Å². The van der Waals surface area contributed by atoms with Crippen LogP contribution in [0.3, 0.4) is 0 Å². The fraction of sp³-hybridized carbons (Fsp3) is 0.217. The van der Waals surface area contributed by atoms with Crippen LogP contribution in [0.4, 0.5) is 13.2 Å². The van der Waals surface area contributed by atoms with Crippen LogP contribution in [0.15, 0.2) is 60.9 Å². The Morgan fingerprint density at radius 3 is 2.27 bits per heavy atom. The highest BCUT2D eigenvalue weighted by molar-refractivity contribution is 6.13. The molecule has 1 aromatic heterocycles. The molecule has 1 atom stereocenters. The zero-order chi connectivity index (χ0) is 24.0. The van der Waals surface area contributed by atoms with E-state index in [0.29, 0.717) is 11.3 Å². The summed E-state index contributed by atoms with van der Waals surface area (Å²) < 4.78 is 56.0. The molecule has 33 heavy (non-hydrogen) atoms. The Hall–Kier alpha value is -3.95. The molecule has 0 aliphatic carbocycles. The van der Waals surface area contributed by atoms with Crippen LogP contribution in [0.2, 0.25) is 0 Å². The van der Waals surface area contributed by atoms with E-state index in [-0.39, 0.29) is 12.5 Å². The first-order valence-electron chi connectivity index (χ1n) is 9.61. The van der Waals surface area contributed by atoms with Crippen LogP contribution in [0.25, 0.3) is 0 Å². The number of nitrogens with zero attached hydrogens (tertiary/aromatic N) is 2. The number of halogens is 3. The van der Waals surface area contributed by atoms with E-state index in [0.717, 1.165) is 25.3 Å². The maximum absolute atomic E-state index is 13.6. The number of esters is 1. The smallest absolute Gasteiger partial charge is 0.416 e. The molecule has 0 aliphatic rings. The second-order valence-corrected chi connectivity index (χ2v) is 6.75. The third-order valence-electron chi connectivity index (χ3n) is 4.71. The molecule has 7 nitrogen and oxygen atoms in total. The van der Waals surface area contributed by atoms with E-state index < -0.39 is 40.7 Å². The van der Waals surface area contributed by atoms with Crippen molar-refractivity contribution >= 4 is 11.8 Å². The lowest BCUT2D eigenvalue weighted by Crippen LogP contribution is -2.27. The first-order valence-corrected chi connectivity index (χ1v) is 9.61. The molecule has 0 bridgehead atoms. The van der Waals surface area contributed by atoms with Gasteiger partial charge in [-0.25, -0.2) is 9.97 Å². The maximum Gasteiger partial charge on any atom is 0.416 e. The van der Waals surface area contributed by atoms with E-state index in [9.17, 15) is 22.8 Å². The second-order valence-electron chi connectivity index (χ2n) is 6.75. The van der Waals surface area contributed by atoms with Crippen LogP contribution in [-0.2, 0) is 22.3 Å². The molecule has 0 fully saturated rings. The number of methoxy groups -OCH3 is 2. The number of hydrogen-bond acceptors (Lipinski definition) is 7. The van der Waals surface area contributed by atoms with Crippen molar-refractivity contribution in [3.63, 3.8) is 0 Å². The topological polar surface area (TPSA) is 87.6 Å². The van der Waals surface area contributed by atoms with Crippen LogP contribution >= 0.6 is 0 Å². The minimum Gasteiger partial charge on any atom is -0.497 e. The summed E-state index contributed by atoms with van der Waals surface area (Å²) in [6.07, 6.45) is -2.35. The number of hydrogen-bond donors (Lipinski definition) is 0. The molecule has 0 amide bonds. The number of Topliss-reactive ketones (excluding diaryl/α,β-unsaturated/α-hetero) is 1. The molecule has 1 heterocycles. The molecule has 0 saturated heterocycles. The molecule has 0 aliphatic heterocycles. The van der Waals surface area contributed by atoms with Crippen molar-refractivity contribution in [1.29, 1.82) is 0 Å². The Balaban J connectivity index is 1.96. The van der Waals surface area contributed by atoms with Gasteiger partial charge < -0.3 is 14.2 Å². The zero-order valence-electron chi connectivity index (χ0n) is 17.6. The molecule has 10 heteroatoms. The first-order chi connectivity index (χ1) is 15.8. The number of carbonyl (C=O) groups is 2. The zero-order valence-corrected chi connectivity index (χ0v) is 17.6. The minimum absolute atomic E-state index is 0.00893. The third-order valence-corrected chi connectivity index (χ3v) is 4.71. The van der Waals surface area contributed by atoms with E-state index in [1.165, 1.54) is 25.6 Å². The van der Waals surface area contributed by atoms with Crippen molar-refractivity contribution in [3.8, 4) is 11.6 Å². The van der Waals surface area contributed by atoms with E-state index in [1.54, 1.807) is 24.3 Å². The molecule has 172 valence electrons. The average Bonchev–Trinajstić information content (AvgIpc) is 2.82. The van der Waals surface area contributed by atoms with Gasteiger partial charge in [-0.2, -0.15) is 13.2 Å². The standard InChI is InChI=1S/C23H19F3N2O5/c1-31-15-9-7-14(8-10-15)13-33-21-19(27-11-12-28-21)20(29)18(22(30)32-2)16-5-3-4-6-17(16)23(24,25)26/h3-12,18H,13H2,1-2H3. The Morgan fingerprint density at radius 1 is 0.970 bits per heavy atom. The molecular weight excluding hydrogens is 441 g/mol. The molecule has 0 spiro atoms. The van der Waals surface area contributed by atoms with Gasteiger partial charge in [-0.15, -0.1) is 0 Å². The number of carbonyl (C=O) groups excluding carboxylic acids is 2. The normalized spacial score (nSPS) is 12.0. The van der Waals surface area contributed by atoms with Crippen molar-refractivity contribution in [3.05, 3.63) is 83.3 Å². The van der Waals surface area contributed by atoms with Crippen LogP contribution in [0.5, 0.6) is 11.6 Å². The third kappa shape index (κ3) is 5.46. The van der Waals surface area contributed by atoms with Gasteiger partial charge in [0.25, 0.3) is 0 Å². The lowest BCUT2D eigenvalue weighted by molar-refractivity contribution is -0.142. The largest absolute Gasteiger partial charge is 0.497 e. The molecule has 2 aromatic carbocycles. The lowest BCUT2D eigenvalue weighted by atomic mass is 9.89. The van der Waals surface area contributed by atoms with Gasteiger partial charge >= 0.3 is 12.1 Å². The van der Waals surface area contributed by atoms with E-state index in [1.807, 2.05) is 0 Å². The molecule has 0 radical (unpaired) electrons. The molecule has 1 unspecified atom stereocenters. The fourth-order valence-corrected chi connectivity index (χ4v) is 3.11. The highest BCUT2D eigenvalue weighted by atomic mass is 19.4. The summed E-state index contributed by atoms with van der Waals surface area (Å²) in [5.74, 6) is -3.69. The van der Waals surface area contributed by atoms with Gasteiger partial charge in [0.05, 0.1) is 19.8 Å². The van der Waals surface area contributed by atoms with E-state index >= 15 is 0 Å². The molecule has 0 N–H and O–H groups in total. The second kappa shape index (κ2) is 10.1. The SMILES string of the molecule is COC(=O)C(C(=O)c1nccnc1OCc1ccc(OC)cc1)c1ccccc1C(F)(F)F. The summed E-state index contributed by atoms with van der Waals surface area (Å²) in [5, 5.41) is 0. The molecule has 3 rings (SSSR count). The summed E-state index contributed by atoms with van der Waals surface area (Å²) in [4.78, 5) is 33.6. The number of rotatable bonds is 8. The van der Waals surface area contributed by atoms with Crippen LogP contribution in [0.1, 0.15) is 33.1 Å². The predicted molar refractivity (Wildman–Crippen MR) is 110 cm³/mol. The number of aromatic nitrogens is 2. The Labute approximate surface area is 187 Å². The van der Waals surface area contributed by atoms with Gasteiger partial charge in [0.2, 0.25) is 11.7 Å². The number of benzene rings is 2. The number of alkyl halides is 3. The summed E-state index contributed by atoms with van der Waals surface area (Å²) >= 11 is 0. The van der Waals surface area contributed by atoms with Gasteiger partial charge in [0, 0.05) is 12.4 Å². The van der Waals surface area contributed by atoms with Gasteiger partial charge in [0.15, 0.2) is 5.69 Å². The van der Waals surface area contributed by atoms with Crippen molar-refractivity contribution < 1.29 is 37.0 Å². The highest BCUT2D eigenvalue weighted by Crippen LogP contribution is 2.37. The van der Waals surface area contributed by atoms with Gasteiger partial charge in [0.1, 0.15) is 18.3 Å². The molecule has 0 saturated carbocycles. The summed E-state index contributed by atoms with van der Waals surface area (Å²) in [6.45, 7) is -0.00893. The van der Waals surface area contributed by atoms with Crippen LogP contribution in [-0.4, -0.2) is 35.9 Å². The van der Waals surface area contributed by atoms with Crippen LogP contribution in [0, 0.1) is 0 Å². The highest BCUT2D eigenvalue weighted by Gasteiger charge is 2.41. The Kier molecular flexibility index (Phi) is 7.27. The van der Waals surface area contributed by atoms with Gasteiger partial charge in [-0.3, -0.25) is 9.59 Å². The Morgan fingerprint density at radius 2 is 1.64 bits per heavy atom. The number of ether oxygens (including phenoxy) is 3. The monoisotopic (exact) mass is 460 g/mol. The number of ketones is 1. The van der Waals surface area contributed by atoms with E-state index in [2.05, 4.69) is 14.7 Å². The maximum atomic E-state index is 13.6. The van der Waals surface area contributed by atoms with Gasteiger partial charge in [-0.05, 0) is 29.3 Å². The van der Waals surface area contributed by atoms with Crippen molar-refractivity contribution in [1.82, 2.24) is 9.97 Å². The minimum atomic E-state index is -4.79. The first kappa shape index (κ1) is 23.7. The lowest BCUT2D eigenvalue weighted by Gasteiger charge is -2.19. The van der Waals surface area contributed by atoms with Crippen molar-refractivity contribution in [2.75, 3.05) is 14.2 Å². The Bertz CT molecular complexity index is 1130.